The summed E-state index contributed by atoms with van der Waals surface area (Å²) in [7, 11) is 0. The van der Waals surface area contributed by atoms with Gasteiger partial charge in [0, 0.05) is 12.0 Å². The fourth-order valence-electron chi connectivity index (χ4n) is 2.87. The van der Waals surface area contributed by atoms with E-state index in [4.69, 9.17) is 4.42 Å². The molecule has 1 aliphatic rings. The predicted octanol–water partition coefficient (Wildman–Crippen LogP) is 2.66. The zero-order chi connectivity index (χ0) is 12.1. The van der Waals surface area contributed by atoms with E-state index in [-0.39, 0.29) is 0 Å². The molecule has 0 atom stereocenters. The summed E-state index contributed by atoms with van der Waals surface area (Å²) in [5.41, 5.74) is 3.11. The fourth-order valence-corrected chi connectivity index (χ4v) is 2.87. The van der Waals surface area contributed by atoms with Gasteiger partial charge in [-0.05, 0) is 18.9 Å². The first-order valence-electron chi connectivity index (χ1n) is 6.32. The summed E-state index contributed by atoms with van der Waals surface area (Å²) in [5.74, 6) is 1.20. The maximum Gasteiger partial charge on any atom is 0.417 e. The number of hydrogen-bond donors (Lipinski definition) is 2. The Morgan fingerprint density at radius 3 is 2.83 bits per heavy atom. The summed E-state index contributed by atoms with van der Waals surface area (Å²) >= 11 is 0. The molecule has 2 heterocycles. The number of aromatic amines is 2. The minimum absolute atomic E-state index is 0.423. The van der Waals surface area contributed by atoms with Gasteiger partial charge in [0.2, 0.25) is 0 Å². The highest BCUT2D eigenvalue weighted by Gasteiger charge is 2.20. The third-order valence-corrected chi connectivity index (χ3v) is 3.78. The largest absolute Gasteiger partial charge is 0.417 e. The lowest BCUT2D eigenvalue weighted by Crippen LogP contribution is -1.94. The Balaban J connectivity index is 1.91. The minimum Gasteiger partial charge on any atom is -0.408 e. The molecule has 2 aromatic heterocycles. The van der Waals surface area contributed by atoms with Gasteiger partial charge in [-0.25, -0.2) is 9.78 Å². The third-order valence-electron chi connectivity index (χ3n) is 3.78. The third kappa shape index (κ3) is 1.40. The maximum absolute atomic E-state index is 11.1. The Bertz CT molecular complexity index is 720. The molecule has 18 heavy (non-hydrogen) atoms. The Morgan fingerprint density at radius 2 is 2.00 bits per heavy atom. The van der Waals surface area contributed by atoms with Crippen molar-refractivity contribution in [1.82, 2.24) is 15.0 Å². The lowest BCUT2D eigenvalue weighted by atomic mass is 10.1. The lowest BCUT2D eigenvalue weighted by Gasteiger charge is -2.02. The number of aromatic nitrogens is 3. The van der Waals surface area contributed by atoms with Crippen LogP contribution in [0.15, 0.2) is 21.3 Å². The zero-order valence-corrected chi connectivity index (χ0v) is 9.82. The van der Waals surface area contributed by atoms with E-state index in [0.29, 0.717) is 17.0 Å². The van der Waals surface area contributed by atoms with E-state index >= 15 is 0 Å². The number of fused-ring (bicyclic) bond motifs is 2. The van der Waals surface area contributed by atoms with Crippen molar-refractivity contribution in [1.29, 1.82) is 0 Å². The molecule has 2 N–H and O–H groups in total. The van der Waals surface area contributed by atoms with Gasteiger partial charge in [-0.15, -0.1) is 0 Å². The maximum atomic E-state index is 11.1. The van der Waals surface area contributed by atoms with Crippen molar-refractivity contribution in [2.45, 2.75) is 31.6 Å². The number of H-pyrrole nitrogens is 2. The van der Waals surface area contributed by atoms with E-state index in [0.717, 1.165) is 16.9 Å². The van der Waals surface area contributed by atoms with Crippen LogP contribution in [0.2, 0.25) is 0 Å². The fraction of sp³-hybridized carbons (Fsp3) is 0.385. The monoisotopic (exact) mass is 243 g/mol. The molecular formula is C13H13N3O2. The van der Waals surface area contributed by atoms with Gasteiger partial charge in [-0.2, -0.15) is 0 Å². The highest BCUT2D eigenvalue weighted by molar-refractivity contribution is 5.90. The van der Waals surface area contributed by atoms with Crippen molar-refractivity contribution < 1.29 is 4.42 Å². The summed E-state index contributed by atoms with van der Waals surface area (Å²) in [6, 6.07) is 3.71. The molecule has 0 saturated heterocycles. The van der Waals surface area contributed by atoms with Crippen molar-refractivity contribution >= 4 is 22.1 Å². The lowest BCUT2D eigenvalue weighted by molar-refractivity contribution is 0.555. The number of nitrogens with one attached hydrogen (secondary N) is 2. The Kier molecular flexibility index (Phi) is 1.92. The van der Waals surface area contributed by atoms with Gasteiger partial charge in [0.25, 0.3) is 0 Å². The SMILES string of the molecule is O=c1[nH]c2cc3[nH]c(C4CCCC4)nc3cc2o1. The van der Waals surface area contributed by atoms with E-state index in [2.05, 4.69) is 15.0 Å². The smallest absolute Gasteiger partial charge is 0.408 e. The average molecular weight is 243 g/mol. The first-order valence-corrected chi connectivity index (χ1v) is 6.32. The molecule has 0 bridgehead atoms. The first kappa shape index (κ1) is 9.94. The van der Waals surface area contributed by atoms with Gasteiger partial charge < -0.3 is 9.40 Å². The zero-order valence-electron chi connectivity index (χ0n) is 9.82. The van der Waals surface area contributed by atoms with Gasteiger partial charge >= 0.3 is 5.76 Å². The van der Waals surface area contributed by atoms with E-state index < -0.39 is 5.76 Å². The second kappa shape index (κ2) is 3.48. The molecule has 1 fully saturated rings. The number of benzene rings is 1. The average Bonchev–Trinajstić information content (AvgIpc) is 3.02. The van der Waals surface area contributed by atoms with Gasteiger partial charge in [-0.3, -0.25) is 4.98 Å². The number of rotatable bonds is 1. The molecule has 4 rings (SSSR count). The molecule has 5 nitrogen and oxygen atoms in total. The van der Waals surface area contributed by atoms with E-state index in [1.54, 1.807) is 0 Å². The molecule has 5 heteroatoms. The quantitative estimate of drug-likeness (QED) is 0.690. The second-order valence-electron chi connectivity index (χ2n) is 4.98. The molecule has 1 aliphatic carbocycles. The molecule has 92 valence electrons. The second-order valence-corrected chi connectivity index (χ2v) is 4.98. The molecule has 3 aromatic rings. The van der Waals surface area contributed by atoms with Crippen molar-refractivity contribution in [3.05, 3.63) is 28.5 Å². The highest BCUT2D eigenvalue weighted by atomic mass is 16.4. The Labute approximate surface area is 102 Å². The van der Waals surface area contributed by atoms with Crippen molar-refractivity contribution in [3.63, 3.8) is 0 Å². The van der Waals surface area contributed by atoms with Gasteiger partial charge in [0.1, 0.15) is 5.82 Å². The van der Waals surface area contributed by atoms with Crippen LogP contribution in [0, 0.1) is 0 Å². The molecule has 0 unspecified atom stereocenters. The molecule has 0 amide bonds. The van der Waals surface area contributed by atoms with Crippen molar-refractivity contribution in [3.8, 4) is 0 Å². The summed E-state index contributed by atoms with van der Waals surface area (Å²) in [5, 5.41) is 0. The van der Waals surface area contributed by atoms with E-state index in [9.17, 15) is 4.79 Å². The number of oxazole rings is 1. The van der Waals surface area contributed by atoms with E-state index in [1.165, 1.54) is 25.7 Å². The normalized spacial score (nSPS) is 17.1. The highest BCUT2D eigenvalue weighted by Crippen LogP contribution is 2.33. The molecule has 1 saturated carbocycles. The number of imidazole rings is 1. The molecule has 0 spiro atoms. The number of nitrogens with zero attached hydrogens (tertiary/aromatic N) is 1. The van der Waals surface area contributed by atoms with Crippen molar-refractivity contribution in [2.24, 2.45) is 0 Å². The summed E-state index contributed by atoms with van der Waals surface area (Å²) < 4.78 is 5.05. The van der Waals surface area contributed by atoms with Crippen LogP contribution in [-0.2, 0) is 0 Å². The molecule has 0 aliphatic heterocycles. The summed E-state index contributed by atoms with van der Waals surface area (Å²) in [6.45, 7) is 0. The van der Waals surface area contributed by atoms with Crippen LogP contribution in [-0.4, -0.2) is 15.0 Å². The van der Waals surface area contributed by atoms with Crippen molar-refractivity contribution in [2.75, 3.05) is 0 Å². The summed E-state index contributed by atoms with van der Waals surface area (Å²) in [6.07, 6.45) is 5.01. The van der Waals surface area contributed by atoms with Gasteiger partial charge in [0.15, 0.2) is 5.58 Å². The topological polar surface area (TPSA) is 74.7 Å². The van der Waals surface area contributed by atoms with E-state index in [1.807, 2.05) is 12.1 Å². The Hall–Kier alpha value is -2.04. The standard InChI is InChI=1S/C13H13N3O2/c17-13-16-10-5-8-9(6-11(10)18-13)15-12(14-8)7-3-1-2-4-7/h5-7H,1-4H2,(H,14,15)(H,16,17). The number of hydrogen-bond acceptors (Lipinski definition) is 3. The molecular weight excluding hydrogens is 230 g/mol. The summed E-state index contributed by atoms with van der Waals surface area (Å²) in [4.78, 5) is 21.8. The first-order chi connectivity index (χ1) is 8.79. The van der Waals surface area contributed by atoms with Crippen LogP contribution < -0.4 is 5.76 Å². The predicted molar refractivity (Wildman–Crippen MR) is 67.7 cm³/mol. The van der Waals surface area contributed by atoms with Gasteiger partial charge in [-0.1, -0.05) is 12.8 Å². The van der Waals surface area contributed by atoms with Crippen LogP contribution in [0.1, 0.15) is 37.4 Å². The van der Waals surface area contributed by atoms with Crippen LogP contribution in [0.3, 0.4) is 0 Å². The van der Waals surface area contributed by atoms with Crippen LogP contribution >= 0.6 is 0 Å². The van der Waals surface area contributed by atoms with Crippen LogP contribution in [0.5, 0.6) is 0 Å². The van der Waals surface area contributed by atoms with Crippen LogP contribution in [0.25, 0.3) is 22.1 Å². The van der Waals surface area contributed by atoms with Gasteiger partial charge in [0.05, 0.1) is 16.6 Å². The molecule has 0 radical (unpaired) electrons. The molecule has 1 aromatic carbocycles. The minimum atomic E-state index is -0.423. The van der Waals surface area contributed by atoms with Crippen LogP contribution in [0.4, 0.5) is 0 Å². The Morgan fingerprint density at radius 1 is 1.17 bits per heavy atom.